The normalized spacial score (nSPS) is 11.9. The number of ether oxygens (including phenoxy) is 1. The molecule has 0 fully saturated rings. The van der Waals surface area contributed by atoms with Crippen LogP contribution in [0.2, 0.25) is 0 Å². The van der Waals surface area contributed by atoms with Crippen molar-refractivity contribution in [3.63, 3.8) is 0 Å². The molecule has 0 saturated heterocycles. The van der Waals surface area contributed by atoms with Crippen LogP contribution >= 0.6 is 0 Å². The van der Waals surface area contributed by atoms with Crippen molar-refractivity contribution in [2.75, 3.05) is 0 Å². The molecule has 0 unspecified atom stereocenters. The highest BCUT2D eigenvalue weighted by Crippen LogP contribution is 2.19. The van der Waals surface area contributed by atoms with Gasteiger partial charge in [-0.2, -0.15) is 0 Å². The molecule has 0 saturated carbocycles. The van der Waals surface area contributed by atoms with Crippen LogP contribution in [0.3, 0.4) is 0 Å². The third-order valence-corrected chi connectivity index (χ3v) is 1.95. The molecule has 0 spiro atoms. The summed E-state index contributed by atoms with van der Waals surface area (Å²) < 4.78 is 5.81. The van der Waals surface area contributed by atoms with Crippen LogP contribution in [0.4, 0.5) is 0 Å². The lowest BCUT2D eigenvalue weighted by Crippen LogP contribution is -2.26. The first-order valence-corrected chi connectivity index (χ1v) is 5.75. The maximum absolute atomic E-state index is 5.81. The first-order chi connectivity index (χ1) is 7.38. The van der Waals surface area contributed by atoms with Crippen LogP contribution in [0.1, 0.15) is 40.2 Å². The third kappa shape index (κ3) is 4.62. The number of aromatic nitrogens is 1. The van der Waals surface area contributed by atoms with E-state index in [1.807, 2.05) is 32.9 Å². The summed E-state index contributed by atoms with van der Waals surface area (Å²) >= 11 is 0. The van der Waals surface area contributed by atoms with E-state index in [1.54, 1.807) is 6.20 Å². The van der Waals surface area contributed by atoms with Crippen molar-refractivity contribution in [3.05, 3.63) is 23.9 Å². The maximum Gasteiger partial charge on any atom is 0.218 e. The Kier molecular flexibility index (Phi) is 4.30. The maximum atomic E-state index is 5.81. The van der Waals surface area contributed by atoms with Gasteiger partial charge in [-0.25, -0.2) is 4.98 Å². The van der Waals surface area contributed by atoms with Crippen molar-refractivity contribution in [2.45, 2.75) is 52.8 Å². The van der Waals surface area contributed by atoms with Gasteiger partial charge in [0.2, 0.25) is 5.88 Å². The Morgan fingerprint density at radius 1 is 1.38 bits per heavy atom. The predicted octanol–water partition coefficient (Wildman–Crippen LogP) is 2.76. The SMILES string of the molecule is CC(C)NCc1cccnc1OC(C)(C)C. The minimum absolute atomic E-state index is 0.207. The number of rotatable bonds is 4. The second kappa shape index (κ2) is 5.30. The molecule has 0 aromatic carbocycles. The Morgan fingerprint density at radius 3 is 2.62 bits per heavy atom. The molecule has 1 N–H and O–H groups in total. The van der Waals surface area contributed by atoms with Gasteiger partial charge >= 0.3 is 0 Å². The summed E-state index contributed by atoms with van der Waals surface area (Å²) in [7, 11) is 0. The Hall–Kier alpha value is -1.09. The molecule has 3 heteroatoms. The standard InChI is InChI=1S/C13H22N2O/c1-10(2)15-9-11-7-6-8-14-12(11)16-13(3,4)5/h6-8,10,15H,9H2,1-5H3. The van der Waals surface area contributed by atoms with Crippen LogP contribution in [-0.2, 0) is 6.54 Å². The molecule has 0 aliphatic heterocycles. The smallest absolute Gasteiger partial charge is 0.218 e. The Morgan fingerprint density at radius 2 is 2.06 bits per heavy atom. The lowest BCUT2D eigenvalue weighted by atomic mass is 10.2. The summed E-state index contributed by atoms with van der Waals surface area (Å²) in [6, 6.07) is 4.44. The molecule has 0 aliphatic carbocycles. The van der Waals surface area contributed by atoms with Gasteiger partial charge in [0.25, 0.3) is 0 Å². The van der Waals surface area contributed by atoms with E-state index in [1.165, 1.54) is 0 Å². The molecule has 90 valence electrons. The summed E-state index contributed by atoms with van der Waals surface area (Å²) in [5.74, 6) is 0.725. The number of hydrogen-bond acceptors (Lipinski definition) is 3. The van der Waals surface area contributed by atoms with Gasteiger partial charge in [0.1, 0.15) is 5.60 Å². The van der Waals surface area contributed by atoms with E-state index in [0.717, 1.165) is 18.0 Å². The Bertz CT molecular complexity index is 329. The van der Waals surface area contributed by atoms with Crippen LogP contribution in [0.5, 0.6) is 5.88 Å². The average Bonchev–Trinajstić information content (AvgIpc) is 2.14. The van der Waals surface area contributed by atoms with Gasteiger partial charge in [0.15, 0.2) is 0 Å². The van der Waals surface area contributed by atoms with E-state index >= 15 is 0 Å². The van der Waals surface area contributed by atoms with Gasteiger partial charge in [-0.05, 0) is 26.8 Å². The van der Waals surface area contributed by atoms with Gasteiger partial charge in [-0.3, -0.25) is 0 Å². The number of hydrogen-bond donors (Lipinski definition) is 1. The molecule has 0 radical (unpaired) electrons. The number of nitrogens with one attached hydrogen (secondary N) is 1. The fourth-order valence-electron chi connectivity index (χ4n) is 1.25. The number of nitrogens with zero attached hydrogens (tertiary/aromatic N) is 1. The second-order valence-electron chi connectivity index (χ2n) is 5.22. The molecule has 1 heterocycles. The summed E-state index contributed by atoms with van der Waals surface area (Å²) in [5.41, 5.74) is 0.895. The zero-order valence-electron chi connectivity index (χ0n) is 10.9. The van der Waals surface area contributed by atoms with Crippen LogP contribution < -0.4 is 10.1 Å². The van der Waals surface area contributed by atoms with Crippen molar-refractivity contribution in [1.82, 2.24) is 10.3 Å². The number of pyridine rings is 1. The zero-order chi connectivity index (χ0) is 12.2. The van der Waals surface area contributed by atoms with E-state index in [-0.39, 0.29) is 5.60 Å². The molecule has 1 aromatic heterocycles. The summed E-state index contributed by atoms with van der Waals surface area (Å²) in [4.78, 5) is 4.28. The van der Waals surface area contributed by atoms with Gasteiger partial charge in [-0.15, -0.1) is 0 Å². The molecule has 0 aliphatic rings. The first-order valence-electron chi connectivity index (χ1n) is 5.75. The van der Waals surface area contributed by atoms with Gasteiger partial charge in [0, 0.05) is 24.3 Å². The van der Waals surface area contributed by atoms with Crippen molar-refractivity contribution in [3.8, 4) is 5.88 Å². The molecule has 1 rings (SSSR count). The Balaban J connectivity index is 2.75. The van der Waals surface area contributed by atoms with E-state index in [9.17, 15) is 0 Å². The van der Waals surface area contributed by atoms with Crippen molar-refractivity contribution in [1.29, 1.82) is 0 Å². The molecular formula is C13H22N2O. The zero-order valence-corrected chi connectivity index (χ0v) is 10.9. The molecule has 3 nitrogen and oxygen atoms in total. The highest BCUT2D eigenvalue weighted by Gasteiger charge is 2.15. The second-order valence-corrected chi connectivity index (χ2v) is 5.22. The minimum Gasteiger partial charge on any atom is -0.472 e. The fourth-order valence-corrected chi connectivity index (χ4v) is 1.25. The van der Waals surface area contributed by atoms with E-state index in [4.69, 9.17) is 4.74 Å². The lowest BCUT2D eigenvalue weighted by Gasteiger charge is -2.22. The summed E-state index contributed by atoms with van der Waals surface area (Å²) in [5, 5.41) is 3.37. The molecule has 16 heavy (non-hydrogen) atoms. The third-order valence-electron chi connectivity index (χ3n) is 1.95. The average molecular weight is 222 g/mol. The van der Waals surface area contributed by atoms with E-state index < -0.39 is 0 Å². The van der Waals surface area contributed by atoms with Gasteiger partial charge in [0.05, 0.1) is 0 Å². The Labute approximate surface area is 98.2 Å². The highest BCUT2D eigenvalue weighted by atomic mass is 16.5. The van der Waals surface area contributed by atoms with E-state index in [2.05, 4.69) is 24.1 Å². The van der Waals surface area contributed by atoms with E-state index in [0.29, 0.717) is 6.04 Å². The van der Waals surface area contributed by atoms with Crippen molar-refractivity contribution >= 4 is 0 Å². The minimum atomic E-state index is -0.207. The van der Waals surface area contributed by atoms with Crippen LogP contribution in [-0.4, -0.2) is 16.6 Å². The summed E-state index contributed by atoms with van der Waals surface area (Å²) in [6.07, 6.45) is 1.76. The van der Waals surface area contributed by atoms with Crippen molar-refractivity contribution < 1.29 is 4.74 Å². The molecule has 0 bridgehead atoms. The molecule has 0 atom stereocenters. The largest absolute Gasteiger partial charge is 0.472 e. The topological polar surface area (TPSA) is 34.2 Å². The predicted molar refractivity (Wildman–Crippen MR) is 66.6 cm³/mol. The fraction of sp³-hybridized carbons (Fsp3) is 0.615. The van der Waals surface area contributed by atoms with Gasteiger partial charge in [-0.1, -0.05) is 19.9 Å². The quantitative estimate of drug-likeness (QED) is 0.850. The van der Waals surface area contributed by atoms with Crippen molar-refractivity contribution in [2.24, 2.45) is 0 Å². The monoisotopic (exact) mass is 222 g/mol. The first kappa shape index (κ1) is 13.0. The van der Waals surface area contributed by atoms with Crippen LogP contribution in [0, 0.1) is 0 Å². The van der Waals surface area contributed by atoms with Crippen LogP contribution in [0.15, 0.2) is 18.3 Å². The summed E-state index contributed by atoms with van der Waals surface area (Å²) in [6.45, 7) is 11.1. The molecular weight excluding hydrogens is 200 g/mol. The van der Waals surface area contributed by atoms with Gasteiger partial charge < -0.3 is 10.1 Å². The molecule has 0 amide bonds. The van der Waals surface area contributed by atoms with Crippen LogP contribution in [0.25, 0.3) is 0 Å². The molecule has 1 aromatic rings. The lowest BCUT2D eigenvalue weighted by molar-refractivity contribution is 0.122. The highest BCUT2D eigenvalue weighted by molar-refractivity contribution is 5.25.